The Morgan fingerprint density at radius 1 is 1.42 bits per heavy atom. The maximum Gasteiger partial charge on any atom is 0.238 e. The van der Waals surface area contributed by atoms with Crippen LogP contribution in [0.15, 0.2) is 0 Å². The van der Waals surface area contributed by atoms with Crippen molar-refractivity contribution in [1.29, 1.82) is 0 Å². The third-order valence-corrected chi connectivity index (χ3v) is 9.81. The molecule has 1 aliphatic heterocycles. The van der Waals surface area contributed by atoms with E-state index in [1.54, 1.807) is 6.92 Å². The zero-order valence-corrected chi connectivity index (χ0v) is 16.4. The topological polar surface area (TPSA) is 71.5 Å². The van der Waals surface area contributed by atoms with E-state index in [1.807, 2.05) is 0 Å². The van der Waals surface area contributed by atoms with Crippen molar-refractivity contribution in [2.24, 2.45) is 22.7 Å². The van der Waals surface area contributed by atoms with Crippen LogP contribution in [0.4, 0.5) is 0 Å². The van der Waals surface area contributed by atoms with Gasteiger partial charge in [0.15, 0.2) is 10.6 Å². The molecule has 0 radical (unpaired) electrons. The normalized spacial score (nSPS) is 37.3. The Morgan fingerprint density at radius 2 is 2.04 bits per heavy atom. The molecule has 3 fully saturated rings. The van der Waals surface area contributed by atoms with Crippen molar-refractivity contribution in [3.8, 4) is 0 Å². The number of amides is 1. The monoisotopic (exact) mass is 395 g/mol. The average molecular weight is 396 g/mol. The summed E-state index contributed by atoms with van der Waals surface area (Å²) in [6.07, 6.45) is 2.82. The van der Waals surface area contributed by atoms with E-state index >= 15 is 0 Å². The van der Waals surface area contributed by atoms with Gasteiger partial charge in [0, 0.05) is 17.8 Å². The van der Waals surface area contributed by atoms with Crippen molar-refractivity contribution in [1.82, 2.24) is 4.31 Å². The molecule has 0 aromatic rings. The van der Waals surface area contributed by atoms with E-state index in [4.69, 9.17) is 23.2 Å². The molecular weight excluding hydrogens is 373 g/mol. The summed E-state index contributed by atoms with van der Waals surface area (Å²) in [6, 6.07) is -0.271. The molecule has 2 saturated carbocycles. The Bertz CT molecular complexity index is 690. The number of aldehydes is 1. The van der Waals surface area contributed by atoms with Crippen molar-refractivity contribution < 1.29 is 18.0 Å². The number of halogens is 2. The van der Waals surface area contributed by atoms with Crippen LogP contribution in [0.5, 0.6) is 0 Å². The lowest BCUT2D eigenvalue weighted by Crippen LogP contribution is -2.45. The quantitative estimate of drug-likeness (QED) is 0.541. The van der Waals surface area contributed by atoms with Gasteiger partial charge in [0.25, 0.3) is 0 Å². The SMILES string of the molecule is C[C@@H](CC(=O)N1[C@@H]2C[C@H]3CC[C@]2(CS1(=O)=O)C3(C)C)C(Cl)(Cl)C=O. The highest BCUT2D eigenvalue weighted by Gasteiger charge is 2.72. The number of carbonyl (C=O) groups excluding carboxylic acids is 2. The molecule has 1 heterocycles. The summed E-state index contributed by atoms with van der Waals surface area (Å²) in [6.45, 7) is 5.84. The largest absolute Gasteiger partial charge is 0.300 e. The number of hydrogen-bond donors (Lipinski definition) is 0. The number of hydrogen-bond acceptors (Lipinski definition) is 4. The fourth-order valence-corrected chi connectivity index (χ4v) is 7.93. The van der Waals surface area contributed by atoms with Crippen molar-refractivity contribution >= 4 is 45.4 Å². The van der Waals surface area contributed by atoms with Gasteiger partial charge in [-0.3, -0.25) is 4.79 Å². The van der Waals surface area contributed by atoms with Crippen LogP contribution >= 0.6 is 23.2 Å². The fourth-order valence-electron chi connectivity index (χ4n) is 5.22. The van der Waals surface area contributed by atoms with Crippen LogP contribution in [0.2, 0.25) is 0 Å². The number of sulfonamides is 1. The molecule has 2 bridgehead atoms. The first-order valence-corrected chi connectivity index (χ1v) is 10.6. The van der Waals surface area contributed by atoms with Crippen LogP contribution in [-0.2, 0) is 19.6 Å². The number of nitrogens with zero attached hydrogens (tertiary/aromatic N) is 1. The smallest absolute Gasteiger partial charge is 0.238 e. The van der Waals surface area contributed by atoms with Gasteiger partial charge in [-0.25, -0.2) is 12.7 Å². The Labute approximate surface area is 153 Å². The van der Waals surface area contributed by atoms with Crippen LogP contribution in [0.25, 0.3) is 0 Å². The predicted molar refractivity (Wildman–Crippen MR) is 92.3 cm³/mol. The van der Waals surface area contributed by atoms with Gasteiger partial charge < -0.3 is 4.79 Å². The molecular formula is C16H23Cl2NO4S. The van der Waals surface area contributed by atoms with E-state index in [0.717, 1.165) is 23.6 Å². The van der Waals surface area contributed by atoms with E-state index in [-0.39, 0.29) is 29.0 Å². The van der Waals surface area contributed by atoms with Gasteiger partial charge in [0.2, 0.25) is 15.9 Å². The maximum absolute atomic E-state index is 12.8. The summed E-state index contributed by atoms with van der Waals surface area (Å²) >= 11 is 11.8. The van der Waals surface area contributed by atoms with Crippen LogP contribution < -0.4 is 0 Å². The Kier molecular flexibility index (Phi) is 4.10. The first-order chi connectivity index (χ1) is 10.9. The first kappa shape index (κ1) is 18.5. The molecule has 3 rings (SSSR count). The molecule has 8 heteroatoms. The molecule has 0 N–H and O–H groups in total. The van der Waals surface area contributed by atoms with Gasteiger partial charge in [0.1, 0.15) is 0 Å². The summed E-state index contributed by atoms with van der Waals surface area (Å²) in [4.78, 5) is 23.7. The average Bonchev–Trinajstić information content (AvgIpc) is 2.93. The summed E-state index contributed by atoms with van der Waals surface area (Å²) in [7, 11) is -3.65. The fraction of sp³-hybridized carbons (Fsp3) is 0.875. The molecule has 1 saturated heterocycles. The minimum atomic E-state index is -3.65. The molecule has 136 valence electrons. The van der Waals surface area contributed by atoms with Gasteiger partial charge in [-0.05, 0) is 30.6 Å². The maximum atomic E-state index is 12.8. The zero-order chi connectivity index (χ0) is 18.1. The molecule has 0 aromatic carbocycles. The molecule has 1 spiro atoms. The van der Waals surface area contributed by atoms with E-state index in [2.05, 4.69) is 13.8 Å². The third kappa shape index (κ3) is 2.28. The Hall–Kier alpha value is -0.330. The van der Waals surface area contributed by atoms with Crippen molar-refractivity contribution in [2.45, 2.75) is 56.8 Å². The minimum Gasteiger partial charge on any atom is -0.300 e. The second-order valence-electron chi connectivity index (χ2n) is 8.21. The summed E-state index contributed by atoms with van der Waals surface area (Å²) in [5.74, 6) is -0.681. The Morgan fingerprint density at radius 3 is 2.58 bits per heavy atom. The summed E-state index contributed by atoms with van der Waals surface area (Å²) < 4.78 is 24.9. The molecule has 0 unspecified atom stereocenters. The van der Waals surface area contributed by atoms with Gasteiger partial charge in [-0.1, -0.05) is 44.0 Å². The van der Waals surface area contributed by atoms with Gasteiger partial charge in [-0.15, -0.1) is 0 Å². The highest BCUT2D eigenvalue weighted by atomic mass is 35.5. The van der Waals surface area contributed by atoms with Crippen LogP contribution in [0.3, 0.4) is 0 Å². The molecule has 4 atom stereocenters. The minimum absolute atomic E-state index is 0.0366. The highest BCUT2D eigenvalue weighted by Crippen LogP contribution is 2.70. The van der Waals surface area contributed by atoms with E-state index in [0.29, 0.717) is 12.2 Å². The van der Waals surface area contributed by atoms with Gasteiger partial charge in [-0.2, -0.15) is 0 Å². The summed E-state index contributed by atoms with van der Waals surface area (Å²) in [5.41, 5.74) is -0.435. The molecule has 1 amide bonds. The lowest BCUT2D eigenvalue weighted by Gasteiger charge is -2.37. The Balaban J connectivity index is 1.89. The number of rotatable bonds is 4. The lowest BCUT2D eigenvalue weighted by atomic mass is 9.69. The number of alkyl halides is 2. The predicted octanol–water partition coefficient (Wildman–Crippen LogP) is 2.75. The first-order valence-electron chi connectivity index (χ1n) is 8.28. The van der Waals surface area contributed by atoms with Crippen LogP contribution in [-0.4, -0.2) is 41.0 Å². The second kappa shape index (κ2) is 5.34. The van der Waals surface area contributed by atoms with E-state index < -0.39 is 26.2 Å². The number of carbonyl (C=O) groups is 2. The second-order valence-corrected chi connectivity index (χ2v) is 11.5. The molecule has 24 heavy (non-hydrogen) atoms. The van der Waals surface area contributed by atoms with Crippen molar-refractivity contribution in [2.75, 3.05) is 5.75 Å². The number of fused-ring (bicyclic) bond motifs is 1. The van der Waals surface area contributed by atoms with E-state index in [9.17, 15) is 18.0 Å². The highest BCUT2D eigenvalue weighted by molar-refractivity contribution is 7.90. The third-order valence-electron chi connectivity index (χ3n) is 6.95. The molecule has 3 aliphatic rings. The zero-order valence-electron chi connectivity index (χ0n) is 14.1. The van der Waals surface area contributed by atoms with Gasteiger partial charge >= 0.3 is 0 Å². The van der Waals surface area contributed by atoms with Crippen molar-refractivity contribution in [3.05, 3.63) is 0 Å². The molecule has 2 aliphatic carbocycles. The van der Waals surface area contributed by atoms with Gasteiger partial charge in [0.05, 0.1) is 11.8 Å². The standard InChI is InChI=1S/C16H23Cl2NO4S/c1-10(16(17,18)8-20)6-13(21)19-12-7-11-4-5-15(12,14(11,2)3)9-24(19,22)23/h8,10-12H,4-7,9H2,1-3H3/t10-,11+,12+,15+/m0/s1. The van der Waals surface area contributed by atoms with Crippen LogP contribution in [0, 0.1) is 22.7 Å². The molecule has 0 aromatic heterocycles. The van der Waals surface area contributed by atoms with Crippen LogP contribution in [0.1, 0.15) is 46.5 Å². The lowest BCUT2D eigenvalue weighted by molar-refractivity contribution is -0.130. The summed E-state index contributed by atoms with van der Waals surface area (Å²) in [5, 5.41) is 0. The van der Waals surface area contributed by atoms with Crippen molar-refractivity contribution in [3.63, 3.8) is 0 Å². The molecule has 5 nitrogen and oxygen atoms in total. The van der Waals surface area contributed by atoms with E-state index in [1.165, 1.54) is 0 Å².